The number of hydrogen-bond donors (Lipinski definition) is 1. The van der Waals surface area contributed by atoms with Crippen molar-refractivity contribution in [1.82, 2.24) is 5.43 Å². The Kier molecular flexibility index (Phi) is 6.94. The van der Waals surface area contributed by atoms with Crippen molar-refractivity contribution in [2.75, 3.05) is 6.61 Å². The molecule has 0 aliphatic rings. The van der Waals surface area contributed by atoms with Crippen LogP contribution in [0.25, 0.3) is 11.3 Å². The highest BCUT2D eigenvalue weighted by Crippen LogP contribution is 2.32. The number of hydrazone groups is 1. The first kappa shape index (κ1) is 21.6. The summed E-state index contributed by atoms with van der Waals surface area (Å²) in [6.45, 7) is -0.305. The summed E-state index contributed by atoms with van der Waals surface area (Å²) < 4.78 is 10.9. The van der Waals surface area contributed by atoms with Crippen LogP contribution in [0.4, 0.5) is 5.69 Å². The predicted octanol–water partition coefficient (Wildman–Crippen LogP) is 5.34. The fraction of sp³-hybridized carbons (Fsp3) is 0.0526. The highest BCUT2D eigenvalue weighted by atomic mass is 35.5. The molecule has 0 saturated carbocycles. The van der Waals surface area contributed by atoms with E-state index in [1.54, 1.807) is 24.3 Å². The molecular weight excluding hydrogens is 457 g/mol. The van der Waals surface area contributed by atoms with Crippen LogP contribution in [-0.4, -0.2) is 23.7 Å². The molecule has 30 heavy (non-hydrogen) atoms. The van der Waals surface area contributed by atoms with Crippen LogP contribution < -0.4 is 10.2 Å². The molecule has 3 aromatic rings. The third-order valence-corrected chi connectivity index (χ3v) is 4.53. The summed E-state index contributed by atoms with van der Waals surface area (Å²) in [5.74, 6) is 0.531. The SMILES string of the molecule is O=C(COc1ccc(Cl)cc1Cl)NN=Cc1ccc(-c2ccc([N+](=O)[O-])cc2Cl)o1. The van der Waals surface area contributed by atoms with Crippen molar-refractivity contribution in [1.29, 1.82) is 0 Å². The van der Waals surface area contributed by atoms with Gasteiger partial charge in [-0.1, -0.05) is 34.8 Å². The van der Waals surface area contributed by atoms with E-state index < -0.39 is 10.8 Å². The minimum Gasteiger partial charge on any atom is -0.482 e. The standard InChI is InChI=1S/C19H12Cl3N3O5/c20-11-1-5-18(16(22)7-11)29-10-19(26)24-23-9-13-3-6-17(30-13)14-4-2-12(25(27)28)8-15(14)21/h1-9H,10H2,(H,24,26). The molecule has 0 saturated heterocycles. The first-order chi connectivity index (χ1) is 14.3. The van der Waals surface area contributed by atoms with E-state index in [4.69, 9.17) is 44.0 Å². The smallest absolute Gasteiger partial charge is 0.277 e. The molecule has 11 heteroatoms. The van der Waals surface area contributed by atoms with Gasteiger partial charge in [0.05, 0.1) is 21.2 Å². The molecular formula is C19H12Cl3N3O5. The van der Waals surface area contributed by atoms with Gasteiger partial charge < -0.3 is 9.15 Å². The summed E-state index contributed by atoms with van der Waals surface area (Å²) in [6.07, 6.45) is 1.29. The van der Waals surface area contributed by atoms with Gasteiger partial charge in [-0.05, 0) is 36.4 Å². The van der Waals surface area contributed by atoms with Gasteiger partial charge in [0.25, 0.3) is 11.6 Å². The van der Waals surface area contributed by atoms with Gasteiger partial charge in [-0.15, -0.1) is 0 Å². The Balaban J connectivity index is 1.56. The molecule has 0 unspecified atom stereocenters. The fourth-order valence-electron chi connectivity index (χ4n) is 2.32. The largest absolute Gasteiger partial charge is 0.482 e. The van der Waals surface area contributed by atoms with E-state index in [2.05, 4.69) is 10.5 Å². The lowest BCUT2D eigenvalue weighted by Crippen LogP contribution is -2.24. The number of non-ortho nitro benzene ring substituents is 1. The van der Waals surface area contributed by atoms with Crippen LogP contribution in [0.1, 0.15) is 5.76 Å². The van der Waals surface area contributed by atoms with E-state index >= 15 is 0 Å². The zero-order valence-corrected chi connectivity index (χ0v) is 17.2. The van der Waals surface area contributed by atoms with Crippen molar-refractivity contribution in [3.05, 3.63) is 79.5 Å². The molecule has 1 amide bonds. The highest BCUT2D eigenvalue weighted by Gasteiger charge is 2.13. The Bertz CT molecular complexity index is 1130. The zero-order chi connectivity index (χ0) is 21.7. The summed E-state index contributed by atoms with van der Waals surface area (Å²) in [5, 5.41) is 15.5. The molecule has 0 aliphatic heterocycles. The fourth-order valence-corrected chi connectivity index (χ4v) is 3.05. The first-order valence-corrected chi connectivity index (χ1v) is 9.41. The van der Waals surface area contributed by atoms with Gasteiger partial charge in [0.1, 0.15) is 17.3 Å². The minimum atomic E-state index is -0.539. The molecule has 0 aliphatic carbocycles. The first-order valence-electron chi connectivity index (χ1n) is 8.27. The van der Waals surface area contributed by atoms with Crippen LogP contribution in [0.5, 0.6) is 5.75 Å². The van der Waals surface area contributed by atoms with Crippen molar-refractivity contribution in [3.8, 4) is 17.1 Å². The average molecular weight is 469 g/mol. The Morgan fingerprint density at radius 1 is 1.13 bits per heavy atom. The molecule has 0 radical (unpaired) electrons. The molecule has 0 bridgehead atoms. The Hall–Kier alpha value is -3.07. The Labute approximate surface area is 185 Å². The van der Waals surface area contributed by atoms with Gasteiger partial charge in [0, 0.05) is 22.7 Å². The van der Waals surface area contributed by atoms with Crippen LogP contribution >= 0.6 is 34.8 Å². The number of nitro benzene ring substituents is 1. The molecule has 154 valence electrons. The highest BCUT2D eigenvalue weighted by molar-refractivity contribution is 6.35. The van der Waals surface area contributed by atoms with Gasteiger partial charge in [-0.3, -0.25) is 14.9 Å². The van der Waals surface area contributed by atoms with Gasteiger partial charge in [0.15, 0.2) is 6.61 Å². The van der Waals surface area contributed by atoms with E-state index in [1.165, 1.54) is 30.5 Å². The number of rotatable bonds is 7. The van der Waals surface area contributed by atoms with Crippen LogP contribution in [0.2, 0.25) is 15.1 Å². The molecule has 0 spiro atoms. The molecule has 0 fully saturated rings. The normalized spacial score (nSPS) is 10.9. The summed E-state index contributed by atoms with van der Waals surface area (Å²) >= 11 is 17.8. The van der Waals surface area contributed by atoms with Crippen LogP contribution in [0.15, 0.2) is 58.0 Å². The van der Waals surface area contributed by atoms with E-state index in [0.717, 1.165) is 0 Å². The van der Waals surface area contributed by atoms with Crippen LogP contribution in [0.3, 0.4) is 0 Å². The van der Waals surface area contributed by atoms with Gasteiger partial charge in [-0.25, -0.2) is 5.43 Å². The lowest BCUT2D eigenvalue weighted by Gasteiger charge is -2.06. The predicted molar refractivity (Wildman–Crippen MR) is 114 cm³/mol. The second-order valence-corrected chi connectivity index (χ2v) is 7.03. The van der Waals surface area contributed by atoms with Gasteiger partial charge >= 0.3 is 0 Å². The maximum atomic E-state index is 11.8. The monoisotopic (exact) mass is 467 g/mol. The molecule has 0 atom stereocenters. The maximum Gasteiger partial charge on any atom is 0.277 e. The lowest BCUT2D eigenvalue weighted by atomic mass is 10.1. The summed E-state index contributed by atoms with van der Waals surface area (Å²) in [5.41, 5.74) is 2.65. The van der Waals surface area contributed by atoms with E-state index in [-0.39, 0.29) is 22.3 Å². The number of nitrogens with one attached hydrogen (secondary N) is 1. The third-order valence-electron chi connectivity index (χ3n) is 3.69. The molecule has 1 aromatic heterocycles. The summed E-state index contributed by atoms with van der Waals surface area (Å²) in [6, 6.07) is 11.9. The number of ether oxygens (including phenoxy) is 1. The summed E-state index contributed by atoms with van der Waals surface area (Å²) in [7, 11) is 0. The average Bonchev–Trinajstić information content (AvgIpc) is 3.15. The second kappa shape index (κ2) is 9.62. The number of halogens is 3. The van der Waals surface area contributed by atoms with Crippen molar-refractivity contribution in [2.24, 2.45) is 5.10 Å². The number of nitro groups is 1. The molecule has 3 rings (SSSR count). The molecule has 1 N–H and O–H groups in total. The maximum absolute atomic E-state index is 11.8. The van der Waals surface area contributed by atoms with Gasteiger partial charge in [-0.2, -0.15) is 5.10 Å². The number of amides is 1. The molecule has 2 aromatic carbocycles. The second-order valence-electron chi connectivity index (χ2n) is 5.78. The van der Waals surface area contributed by atoms with Gasteiger partial charge in [0.2, 0.25) is 0 Å². The van der Waals surface area contributed by atoms with Crippen molar-refractivity contribution in [3.63, 3.8) is 0 Å². The van der Waals surface area contributed by atoms with E-state index in [0.29, 0.717) is 27.9 Å². The zero-order valence-electron chi connectivity index (χ0n) is 15.0. The Morgan fingerprint density at radius 3 is 2.63 bits per heavy atom. The number of carbonyl (C=O) groups is 1. The third kappa shape index (κ3) is 5.50. The lowest BCUT2D eigenvalue weighted by molar-refractivity contribution is -0.384. The summed E-state index contributed by atoms with van der Waals surface area (Å²) in [4.78, 5) is 22.1. The minimum absolute atomic E-state index is 0.123. The Morgan fingerprint density at radius 2 is 1.93 bits per heavy atom. The van der Waals surface area contributed by atoms with E-state index in [9.17, 15) is 14.9 Å². The van der Waals surface area contributed by atoms with Crippen molar-refractivity contribution in [2.45, 2.75) is 0 Å². The number of benzene rings is 2. The van der Waals surface area contributed by atoms with Crippen LogP contribution in [-0.2, 0) is 4.79 Å². The van der Waals surface area contributed by atoms with Crippen LogP contribution in [0, 0.1) is 10.1 Å². The van der Waals surface area contributed by atoms with Crippen molar-refractivity contribution >= 4 is 52.6 Å². The molecule has 1 heterocycles. The topological polar surface area (TPSA) is 107 Å². The number of hydrogen-bond acceptors (Lipinski definition) is 6. The molecule has 8 nitrogen and oxygen atoms in total. The van der Waals surface area contributed by atoms with E-state index in [1.807, 2.05) is 0 Å². The quantitative estimate of drug-likeness (QED) is 0.286. The number of carbonyl (C=O) groups excluding carboxylic acids is 1. The van der Waals surface area contributed by atoms with Crippen molar-refractivity contribution < 1.29 is 18.9 Å². The number of nitrogens with zero attached hydrogens (tertiary/aromatic N) is 2. The number of furan rings is 1.